The molecule has 0 unspecified atom stereocenters. The molecule has 4 heteroatoms. The second-order valence-electron chi connectivity index (χ2n) is 8.01. The largest absolute Gasteiger partial charge is 0.496 e. The van der Waals surface area contributed by atoms with Crippen LogP contribution in [-0.4, -0.2) is 17.6 Å². The van der Waals surface area contributed by atoms with E-state index in [9.17, 15) is 4.79 Å². The molecular weight excluding hydrogens is 372 g/mol. The Morgan fingerprint density at radius 1 is 1.03 bits per heavy atom. The molecule has 0 aliphatic carbocycles. The van der Waals surface area contributed by atoms with Crippen molar-refractivity contribution in [3.63, 3.8) is 0 Å². The van der Waals surface area contributed by atoms with Crippen molar-refractivity contribution in [1.29, 1.82) is 0 Å². The van der Waals surface area contributed by atoms with Gasteiger partial charge in [0.2, 0.25) is 0 Å². The molecule has 0 saturated carbocycles. The zero-order valence-corrected chi connectivity index (χ0v) is 18.2. The number of nitrogens with zero attached hydrogens (tertiary/aromatic N) is 1. The number of hydrogen-bond acceptors (Lipinski definition) is 2. The molecule has 1 aromatic heterocycles. The number of rotatable bonds is 5. The third kappa shape index (κ3) is 3.32. The van der Waals surface area contributed by atoms with E-state index in [1.807, 2.05) is 25.1 Å². The van der Waals surface area contributed by atoms with E-state index >= 15 is 0 Å². The summed E-state index contributed by atoms with van der Waals surface area (Å²) in [5.41, 5.74) is 5.81. The fourth-order valence-electron chi connectivity index (χ4n) is 4.24. The van der Waals surface area contributed by atoms with Gasteiger partial charge in [0.1, 0.15) is 5.75 Å². The summed E-state index contributed by atoms with van der Waals surface area (Å²) in [6, 6.07) is 18.4. The predicted molar refractivity (Wildman–Crippen MR) is 125 cm³/mol. The summed E-state index contributed by atoms with van der Waals surface area (Å²) in [5, 5.41) is 5.45. The molecule has 1 N–H and O–H groups in total. The van der Waals surface area contributed by atoms with Crippen LogP contribution in [0, 0.1) is 6.92 Å². The van der Waals surface area contributed by atoms with Crippen LogP contribution in [0.5, 0.6) is 5.75 Å². The third-order valence-electron chi connectivity index (χ3n) is 5.79. The number of ether oxygens (including phenoxy) is 1. The van der Waals surface area contributed by atoms with Crippen molar-refractivity contribution in [2.45, 2.75) is 40.2 Å². The lowest BCUT2D eigenvalue weighted by Gasteiger charge is -2.16. The fraction of sp³-hybridized carbons (Fsp3) is 0.269. The van der Waals surface area contributed by atoms with Gasteiger partial charge in [0.05, 0.1) is 7.11 Å². The van der Waals surface area contributed by atoms with Crippen LogP contribution in [-0.2, 0) is 6.54 Å². The van der Waals surface area contributed by atoms with Crippen molar-refractivity contribution in [1.82, 2.24) is 4.57 Å². The molecular formula is C26H28N2O2. The number of carbonyl (C=O) groups is 1. The molecule has 0 spiro atoms. The molecule has 0 fully saturated rings. The van der Waals surface area contributed by atoms with Crippen LogP contribution in [0.4, 0.5) is 5.69 Å². The van der Waals surface area contributed by atoms with Crippen LogP contribution in [0.25, 0.3) is 21.8 Å². The van der Waals surface area contributed by atoms with E-state index < -0.39 is 0 Å². The second kappa shape index (κ2) is 7.86. The van der Waals surface area contributed by atoms with Gasteiger partial charge in [-0.3, -0.25) is 4.79 Å². The van der Waals surface area contributed by atoms with E-state index in [-0.39, 0.29) is 11.8 Å². The number of aromatic nitrogens is 1. The first kappa shape index (κ1) is 20.0. The smallest absolute Gasteiger partial charge is 0.255 e. The van der Waals surface area contributed by atoms with Gasteiger partial charge in [-0.1, -0.05) is 32.0 Å². The summed E-state index contributed by atoms with van der Waals surface area (Å²) in [6.07, 6.45) is 0. The minimum Gasteiger partial charge on any atom is -0.496 e. The summed E-state index contributed by atoms with van der Waals surface area (Å²) >= 11 is 0. The highest BCUT2D eigenvalue weighted by Crippen LogP contribution is 2.32. The Bertz CT molecular complexity index is 1250. The number of methoxy groups -OCH3 is 1. The number of amides is 1. The Labute approximate surface area is 177 Å². The van der Waals surface area contributed by atoms with Gasteiger partial charge in [0, 0.05) is 39.6 Å². The first-order chi connectivity index (χ1) is 14.4. The van der Waals surface area contributed by atoms with Gasteiger partial charge in [-0.05, 0) is 67.3 Å². The third-order valence-corrected chi connectivity index (χ3v) is 5.79. The molecule has 4 aromatic rings. The lowest BCUT2D eigenvalue weighted by molar-refractivity contribution is 0.102. The van der Waals surface area contributed by atoms with Crippen LogP contribution >= 0.6 is 0 Å². The summed E-state index contributed by atoms with van der Waals surface area (Å²) in [5.74, 6) is 0.993. The SMILES string of the molecule is CCn1c2ccccc2c2cc(NC(=O)c3cc(C(C)C)c(OC)cc3C)ccc21. The van der Waals surface area contributed by atoms with Gasteiger partial charge in [0.25, 0.3) is 5.91 Å². The van der Waals surface area contributed by atoms with Crippen LogP contribution < -0.4 is 10.1 Å². The zero-order chi connectivity index (χ0) is 21.4. The predicted octanol–water partition coefficient (Wildman–Crippen LogP) is 6.51. The van der Waals surface area contributed by atoms with Crippen LogP contribution in [0.2, 0.25) is 0 Å². The highest BCUT2D eigenvalue weighted by Gasteiger charge is 2.17. The lowest BCUT2D eigenvalue weighted by atomic mass is 9.96. The van der Waals surface area contributed by atoms with Crippen molar-refractivity contribution in [2.75, 3.05) is 12.4 Å². The van der Waals surface area contributed by atoms with E-state index in [0.717, 1.165) is 34.5 Å². The van der Waals surface area contributed by atoms with Crippen molar-refractivity contribution >= 4 is 33.4 Å². The van der Waals surface area contributed by atoms with E-state index in [1.54, 1.807) is 7.11 Å². The first-order valence-electron chi connectivity index (χ1n) is 10.5. The molecule has 0 atom stereocenters. The van der Waals surface area contributed by atoms with E-state index in [2.05, 4.69) is 67.1 Å². The highest BCUT2D eigenvalue weighted by atomic mass is 16.5. The van der Waals surface area contributed by atoms with Gasteiger partial charge in [-0.2, -0.15) is 0 Å². The molecule has 1 heterocycles. The number of aryl methyl sites for hydroxylation is 2. The standard InChI is InChI=1S/C26H28N2O2/c1-6-28-23-10-8-7-9-19(23)22-14-18(11-12-24(22)28)27-26(29)21-15-20(16(2)3)25(30-5)13-17(21)4/h7-16H,6H2,1-5H3,(H,27,29). The fourth-order valence-corrected chi connectivity index (χ4v) is 4.24. The van der Waals surface area contributed by atoms with Gasteiger partial charge in [-0.15, -0.1) is 0 Å². The molecule has 0 aliphatic rings. The molecule has 1 amide bonds. The molecule has 30 heavy (non-hydrogen) atoms. The minimum absolute atomic E-state index is 0.101. The molecule has 154 valence electrons. The Kier molecular flexibility index (Phi) is 5.25. The van der Waals surface area contributed by atoms with Crippen LogP contribution in [0.3, 0.4) is 0 Å². The van der Waals surface area contributed by atoms with Gasteiger partial charge < -0.3 is 14.6 Å². The summed E-state index contributed by atoms with van der Waals surface area (Å²) in [4.78, 5) is 13.1. The monoisotopic (exact) mass is 400 g/mol. The number of carbonyl (C=O) groups excluding carboxylic acids is 1. The molecule has 0 saturated heterocycles. The van der Waals surface area contributed by atoms with E-state index in [1.165, 1.54) is 16.4 Å². The van der Waals surface area contributed by atoms with Crippen molar-refractivity contribution in [3.8, 4) is 5.75 Å². The first-order valence-corrected chi connectivity index (χ1v) is 10.5. The summed E-state index contributed by atoms with van der Waals surface area (Å²) < 4.78 is 7.81. The normalized spacial score (nSPS) is 11.4. The van der Waals surface area contributed by atoms with Gasteiger partial charge >= 0.3 is 0 Å². The lowest BCUT2D eigenvalue weighted by Crippen LogP contribution is -2.14. The molecule has 4 nitrogen and oxygen atoms in total. The highest BCUT2D eigenvalue weighted by molar-refractivity contribution is 6.11. The maximum absolute atomic E-state index is 13.1. The van der Waals surface area contributed by atoms with Crippen LogP contribution in [0.1, 0.15) is 48.2 Å². The molecule has 0 bridgehead atoms. The average Bonchev–Trinajstić information content (AvgIpc) is 3.06. The zero-order valence-electron chi connectivity index (χ0n) is 18.2. The Morgan fingerprint density at radius 3 is 2.47 bits per heavy atom. The second-order valence-corrected chi connectivity index (χ2v) is 8.01. The summed E-state index contributed by atoms with van der Waals surface area (Å²) in [6.45, 7) is 9.21. The molecule has 0 radical (unpaired) electrons. The van der Waals surface area contributed by atoms with Crippen molar-refractivity contribution in [2.24, 2.45) is 0 Å². The molecule has 0 aliphatic heterocycles. The maximum Gasteiger partial charge on any atom is 0.255 e. The van der Waals surface area contributed by atoms with Gasteiger partial charge in [-0.25, -0.2) is 0 Å². The van der Waals surface area contributed by atoms with E-state index in [4.69, 9.17) is 4.74 Å². The Hall–Kier alpha value is -3.27. The Balaban J connectivity index is 1.74. The number of fused-ring (bicyclic) bond motifs is 3. The van der Waals surface area contributed by atoms with E-state index in [0.29, 0.717) is 5.56 Å². The van der Waals surface area contributed by atoms with Gasteiger partial charge in [0.15, 0.2) is 0 Å². The molecule has 3 aromatic carbocycles. The minimum atomic E-state index is -0.101. The quantitative estimate of drug-likeness (QED) is 0.415. The number of anilines is 1. The van der Waals surface area contributed by atoms with Crippen molar-refractivity contribution in [3.05, 3.63) is 71.3 Å². The number of benzene rings is 3. The number of nitrogens with one attached hydrogen (secondary N) is 1. The Morgan fingerprint density at radius 2 is 1.77 bits per heavy atom. The maximum atomic E-state index is 13.1. The summed E-state index contributed by atoms with van der Waals surface area (Å²) in [7, 11) is 1.67. The average molecular weight is 401 g/mol. The number of para-hydroxylation sites is 1. The van der Waals surface area contributed by atoms with Crippen LogP contribution in [0.15, 0.2) is 54.6 Å². The topological polar surface area (TPSA) is 43.3 Å². The van der Waals surface area contributed by atoms with Crippen molar-refractivity contribution < 1.29 is 9.53 Å². The molecule has 4 rings (SSSR count). The number of hydrogen-bond donors (Lipinski definition) is 1.